The molecule has 3 N–H and O–H groups in total. The summed E-state index contributed by atoms with van der Waals surface area (Å²) >= 11 is 0. The fraction of sp³-hybridized carbons (Fsp3) is 0.296. The van der Waals surface area contributed by atoms with Crippen LogP contribution < -0.4 is 20.9 Å². The zero-order valence-corrected chi connectivity index (χ0v) is 19.8. The number of rotatable bonds is 6. The van der Waals surface area contributed by atoms with Gasteiger partial charge < -0.3 is 20.4 Å². The number of ether oxygens (including phenoxy) is 1. The van der Waals surface area contributed by atoms with Gasteiger partial charge in [0, 0.05) is 11.6 Å². The fourth-order valence-electron chi connectivity index (χ4n) is 4.69. The standard InChI is InChI=1S/C27H28FN5O2/c1-16-6-8-17(9-7-16)18-10-11-21(23(15-18)35-2)31-27-29-13-12-24(32-27)30-22-14-19-4-3-5-20(28)25(19)33-26(22)34/h3-5,10-17H,6-9H2,1-2H3,(H,33,34)(H2,29,30,31,32). The fourth-order valence-corrected chi connectivity index (χ4v) is 4.69. The number of nitrogens with zero attached hydrogens (tertiary/aromatic N) is 2. The van der Waals surface area contributed by atoms with Crippen LogP contribution >= 0.6 is 0 Å². The molecule has 5 rings (SSSR count). The van der Waals surface area contributed by atoms with Crippen molar-refractivity contribution in [3.05, 3.63) is 76.5 Å². The number of hydrogen-bond donors (Lipinski definition) is 3. The average molecular weight is 474 g/mol. The molecule has 0 spiro atoms. The van der Waals surface area contributed by atoms with Crippen LogP contribution in [0.4, 0.5) is 27.5 Å². The van der Waals surface area contributed by atoms with Crippen LogP contribution in [0.1, 0.15) is 44.1 Å². The van der Waals surface area contributed by atoms with Gasteiger partial charge >= 0.3 is 0 Å². The zero-order valence-electron chi connectivity index (χ0n) is 19.8. The third-order valence-electron chi connectivity index (χ3n) is 6.71. The molecule has 0 atom stereocenters. The molecule has 0 radical (unpaired) electrons. The number of pyridine rings is 1. The summed E-state index contributed by atoms with van der Waals surface area (Å²) in [5, 5.41) is 6.80. The first-order chi connectivity index (χ1) is 17.0. The van der Waals surface area contributed by atoms with Gasteiger partial charge in [0.1, 0.15) is 23.1 Å². The molecule has 0 bridgehead atoms. The SMILES string of the molecule is COc1cc(C2CCC(C)CC2)ccc1Nc1nccc(Nc2cc3cccc(F)c3[nH]c2=O)n1. The van der Waals surface area contributed by atoms with Gasteiger partial charge in [-0.15, -0.1) is 0 Å². The highest BCUT2D eigenvalue weighted by molar-refractivity contribution is 5.82. The predicted octanol–water partition coefficient (Wildman–Crippen LogP) is 6.25. The van der Waals surface area contributed by atoms with Crippen molar-refractivity contribution in [1.29, 1.82) is 0 Å². The molecular formula is C27H28FN5O2. The van der Waals surface area contributed by atoms with E-state index in [4.69, 9.17) is 4.74 Å². The first kappa shape index (κ1) is 22.8. The maximum Gasteiger partial charge on any atom is 0.272 e. The van der Waals surface area contributed by atoms with Gasteiger partial charge in [-0.1, -0.05) is 38.0 Å². The highest BCUT2D eigenvalue weighted by Gasteiger charge is 2.21. The maximum atomic E-state index is 14.0. The Labute approximate surface area is 202 Å². The number of methoxy groups -OCH3 is 1. The molecule has 0 unspecified atom stereocenters. The van der Waals surface area contributed by atoms with E-state index in [0.29, 0.717) is 23.1 Å². The van der Waals surface area contributed by atoms with E-state index >= 15 is 0 Å². The molecule has 35 heavy (non-hydrogen) atoms. The highest BCUT2D eigenvalue weighted by Crippen LogP contribution is 2.38. The molecule has 0 amide bonds. The molecular weight excluding hydrogens is 445 g/mol. The summed E-state index contributed by atoms with van der Waals surface area (Å²) in [6, 6.07) is 14.1. The van der Waals surface area contributed by atoms with Gasteiger partial charge in [0.25, 0.3) is 5.56 Å². The molecule has 1 aliphatic carbocycles. The normalized spacial score (nSPS) is 17.8. The van der Waals surface area contributed by atoms with E-state index in [0.717, 1.165) is 17.4 Å². The van der Waals surface area contributed by atoms with Gasteiger partial charge in [0.2, 0.25) is 5.95 Å². The molecule has 1 fully saturated rings. The summed E-state index contributed by atoms with van der Waals surface area (Å²) in [4.78, 5) is 23.8. The second-order valence-electron chi connectivity index (χ2n) is 9.15. The van der Waals surface area contributed by atoms with Crippen molar-refractivity contribution in [1.82, 2.24) is 15.0 Å². The van der Waals surface area contributed by atoms with Crippen LogP contribution in [0.25, 0.3) is 10.9 Å². The molecule has 180 valence electrons. The molecule has 2 aromatic carbocycles. The van der Waals surface area contributed by atoms with Crippen LogP contribution in [0, 0.1) is 11.7 Å². The van der Waals surface area contributed by atoms with Crippen LogP contribution in [0.15, 0.2) is 59.5 Å². The second-order valence-corrected chi connectivity index (χ2v) is 9.15. The Bertz CT molecular complexity index is 1410. The van der Waals surface area contributed by atoms with Crippen LogP contribution in [0.5, 0.6) is 5.75 Å². The number of benzene rings is 2. The van der Waals surface area contributed by atoms with E-state index in [1.165, 1.54) is 37.3 Å². The number of aromatic nitrogens is 3. The van der Waals surface area contributed by atoms with Crippen molar-refractivity contribution in [2.45, 2.75) is 38.5 Å². The lowest BCUT2D eigenvalue weighted by Gasteiger charge is -2.27. The first-order valence-electron chi connectivity index (χ1n) is 11.9. The van der Waals surface area contributed by atoms with E-state index in [9.17, 15) is 9.18 Å². The zero-order chi connectivity index (χ0) is 24.4. The first-order valence-corrected chi connectivity index (χ1v) is 11.9. The Hall–Kier alpha value is -3.94. The number of anilines is 4. The Balaban J connectivity index is 1.35. The third-order valence-corrected chi connectivity index (χ3v) is 6.71. The Morgan fingerprint density at radius 2 is 1.86 bits per heavy atom. The summed E-state index contributed by atoms with van der Waals surface area (Å²) < 4.78 is 19.6. The van der Waals surface area contributed by atoms with Crippen LogP contribution in [0.2, 0.25) is 0 Å². The molecule has 1 aliphatic rings. The van der Waals surface area contributed by atoms with Gasteiger partial charge in [-0.05, 0) is 60.6 Å². The minimum absolute atomic E-state index is 0.173. The number of hydrogen-bond acceptors (Lipinski definition) is 6. The second kappa shape index (κ2) is 9.74. The molecule has 4 aromatic rings. The number of nitrogens with one attached hydrogen (secondary N) is 3. The highest BCUT2D eigenvalue weighted by atomic mass is 19.1. The van der Waals surface area contributed by atoms with Gasteiger partial charge in [0.05, 0.1) is 18.3 Å². The van der Waals surface area contributed by atoms with Gasteiger partial charge in [-0.3, -0.25) is 4.79 Å². The van der Waals surface area contributed by atoms with E-state index in [1.54, 1.807) is 37.6 Å². The smallest absolute Gasteiger partial charge is 0.272 e. The minimum atomic E-state index is -0.474. The lowest BCUT2D eigenvalue weighted by atomic mass is 9.79. The number of fused-ring (bicyclic) bond motifs is 1. The minimum Gasteiger partial charge on any atom is -0.495 e. The lowest BCUT2D eigenvalue weighted by Crippen LogP contribution is -2.13. The van der Waals surface area contributed by atoms with Crippen molar-refractivity contribution in [2.75, 3.05) is 17.7 Å². The Morgan fingerprint density at radius 1 is 1.03 bits per heavy atom. The predicted molar refractivity (Wildman–Crippen MR) is 136 cm³/mol. The average Bonchev–Trinajstić information content (AvgIpc) is 2.86. The van der Waals surface area contributed by atoms with E-state index in [1.807, 2.05) is 6.07 Å². The van der Waals surface area contributed by atoms with Crippen LogP contribution in [0.3, 0.4) is 0 Å². The molecule has 7 nitrogen and oxygen atoms in total. The van der Waals surface area contributed by atoms with Gasteiger partial charge in [-0.25, -0.2) is 9.37 Å². The van der Waals surface area contributed by atoms with Crippen molar-refractivity contribution in [3.8, 4) is 5.75 Å². The number of aromatic amines is 1. The summed E-state index contributed by atoms with van der Waals surface area (Å²) in [5.41, 5.74) is 2.05. The molecule has 2 aromatic heterocycles. The van der Waals surface area contributed by atoms with Crippen molar-refractivity contribution in [2.24, 2.45) is 5.92 Å². The monoisotopic (exact) mass is 473 g/mol. The summed E-state index contributed by atoms with van der Waals surface area (Å²) in [6.45, 7) is 2.32. The Kier molecular flexibility index (Phi) is 6.35. The van der Waals surface area contributed by atoms with E-state index in [-0.39, 0.29) is 11.2 Å². The number of H-pyrrole nitrogens is 1. The Morgan fingerprint density at radius 3 is 2.66 bits per heavy atom. The molecule has 8 heteroatoms. The number of halogens is 1. The molecule has 1 saturated carbocycles. The van der Waals surface area contributed by atoms with Crippen molar-refractivity contribution < 1.29 is 9.13 Å². The van der Waals surface area contributed by atoms with E-state index < -0.39 is 11.4 Å². The van der Waals surface area contributed by atoms with Gasteiger partial charge in [-0.2, -0.15) is 4.98 Å². The molecule has 2 heterocycles. The summed E-state index contributed by atoms with van der Waals surface area (Å²) in [6.07, 6.45) is 6.52. The number of para-hydroxylation sites is 1. The van der Waals surface area contributed by atoms with Gasteiger partial charge in [0.15, 0.2) is 0 Å². The van der Waals surface area contributed by atoms with Crippen LogP contribution in [-0.4, -0.2) is 22.1 Å². The quantitative estimate of drug-likeness (QED) is 0.307. The topological polar surface area (TPSA) is 91.9 Å². The molecule has 0 aliphatic heterocycles. The lowest BCUT2D eigenvalue weighted by molar-refractivity contribution is 0.346. The summed E-state index contributed by atoms with van der Waals surface area (Å²) in [5.74, 6) is 2.41. The van der Waals surface area contributed by atoms with E-state index in [2.05, 4.69) is 44.6 Å². The maximum absolute atomic E-state index is 14.0. The van der Waals surface area contributed by atoms with Crippen molar-refractivity contribution >= 4 is 34.0 Å². The summed E-state index contributed by atoms with van der Waals surface area (Å²) in [7, 11) is 1.65. The van der Waals surface area contributed by atoms with Crippen LogP contribution in [-0.2, 0) is 0 Å². The molecule has 0 saturated heterocycles. The van der Waals surface area contributed by atoms with Crippen molar-refractivity contribution in [3.63, 3.8) is 0 Å². The third kappa shape index (κ3) is 4.96. The largest absolute Gasteiger partial charge is 0.495 e.